The first-order valence-corrected chi connectivity index (χ1v) is 6.89. The molecule has 0 radical (unpaired) electrons. The topological polar surface area (TPSA) is 57.8 Å². The van der Waals surface area contributed by atoms with Gasteiger partial charge in [-0.25, -0.2) is 5.43 Å². The van der Waals surface area contributed by atoms with Gasteiger partial charge in [0.1, 0.15) is 5.76 Å². The highest BCUT2D eigenvalue weighted by atomic mass is 16.3. The molecule has 2 aromatic rings. The number of rotatable bonds is 5. The summed E-state index contributed by atoms with van der Waals surface area (Å²) in [5.74, 6) is 0.287. The molecule has 0 saturated carbocycles. The summed E-state index contributed by atoms with van der Waals surface area (Å²) in [5, 5.41) is 3.87. The molecule has 22 heavy (non-hydrogen) atoms. The van der Waals surface area contributed by atoms with Gasteiger partial charge in [0.2, 0.25) is 0 Å². The van der Waals surface area contributed by atoms with Crippen LogP contribution in [0.3, 0.4) is 0 Å². The summed E-state index contributed by atoms with van der Waals surface area (Å²) in [5.41, 5.74) is 5.15. The van der Waals surface area contributed by atoms with Crippen LogP contribution in [0.25, 0.3) is 6.08 Å². The number of benzene rings is 1. The van der Waals surface area contributed by atoms with Crippen LogP contribution in [0.1, 0.15) is 21.7 Å². The Morgan fingerprint density at radius 2 is 1.95 bits per heavy atom. The largest absolute Gasteiger partial charge is 0.469 e. The number of aryl methyl sites for hydroxylation is 1. The lowest BCUT2D eigenvalue weighted by molar-refractivity contribution is 0.0953. The van der Waals surface area contributed by atoms with E-state index >= 15 is 0 Å². The molecule has 5 nitrogen and oxygen atoms in total. The van der Waals surface area contributed by atoms with Gasteiger partial charge in [0, 0.05) is 26.0 Å². The number of nitrogens with zero attached hydrogens (tertiary/aromatic N) is 2. The molecular formula is C17H19N3O2. The van der Waals surface area contributed by atoms with E-state index in [4.69, 9.17) is 4.42 Å². The lowest BCUT2D eigenvalue weighted by Gasteiger charge is -2.11. The Labute approximate surface area is 129 Å². The Morgan fingerprint density at radius 1 is 1.23 bits per heavy atom. The van der Waals surface area contributed by atoms with E-state index in [0.717, 1.165) is 11.3 Å². The summed E-state index contributed by atoms with van der Waals surface area (Å²) in [6.07, 6.45) is 6.70. The minimum absolute atomic E-state index is 0.286. The van der Waals surface area contributed by atoms with Crippen molar-refractivity contribution < 1.29 is 9.21 Å². The third-order valence-electron chi connectivity index (χ3n) is 3.13. The Balaban J connectivity index is 1.87. The lowest BCUT2D eigenvalue weighted by Crippen LogP contribution is -2.17. The van der Waals surface area contributed by atoms with Crippen molar-refractivity contribution in [2.75, 3.05) is 19.0 Å². The number of hydrazone groups is 1. The molecule has 0 saturated heterocycles. The molecule has 1 aromatic carbocycles. The molecular weight excluding hydrogens is 278 g/mol. The second-order valence-corrected chi connectivity index (χ2v) is 4.95. The molecule has 5 heteroatoms. The zero-order chi connectivity index (χ0) is 15.9. The molecule has 114 valence electrons. The summed E-state index contributed by atoms with van der Waals surface area (Å²) in [6, 6.07) is 9.74. The molecule has 0 atom stereocenters. The maximum Gasteiger partial charge on any atom is 0.274 e. The maximum atomic E-state index is 11.7. The Bertz CT molecular complexity index is 682. The summed E-state index contributed by atoms with van der Waals surface area (Å²) >= 11 is 0. The third-order valence-corrected chi connectivity index (χ3v) is 3.13. The number of anilines is 1. The monoisotopic (exact) mass is 297 g/mol. The number of hydrogen-bond donors (Lipinski definition) is 1. The van der Waals surface area contributed by atoms with Crippen LogP contribution in [-0.2, 0) is 0 Å². The third kappa shape index (κ3) is 4.09. The van der Waals surface area contributed by atoms with Crippen molar-refractivity contribution in [1.29, 1.82) is 0 Å². The van der Waals surface area contributed by atoms with Gasteiger partial charge in [0.05, 0.1) is 11.8 Å². The van der Waals surface area contributed by atoms with Gasteiger partial charge >= 0.3 is 0 Å². The fraction of sp³-hybridized carbons (Fsp3) is 0.176. The molecule has 0 bridgehead atoms. The normalized spacial score (nSPS) is 11.2. The van der Waals surface area contributed by atoms with E-state index in [0.29, 0.717) is 11.3 Å². The average molecular weight is 297 g/mol. The van der Waals surface area contributed by atoms with Gasteiger partial charge in [-0.05, 0) is 36.8 Å². The zero-order valence-electron chi connectivity index (χ0n) is 12.9. The molecule has 0 aliphatic heterocycles. The first-order valence-electron chi connectivity index (χ1n) is 6.89. The average Bonchev–Trinajstić information content (AvgIpc) is 2.93. The predicted octanol–water partition coefficient (Wildman–Crippen LogP) is 3.08. The quantitative estimate of drug-likeness (QED) is 0.681. The molecule has 0 unspecified atom stereocenters. The molecule has 0 aliphatic rings. The van der Waals surface area contributed by atoms with Crippen LogP contribution >= 0.6 is 0 Å². The van der Waals surface area contributed by atoms with E-state index in [-0.39, 0.29) is 5.91 Å². The Kier molecular flexibility index (Phi) is 5.14. The first kappa shape index (κ1) is 15.6. The number of allylic oxidation sites excluding steroid dienone is 1. The lowest BCUT2D eigenvalue weighted by atomic mass is 10.2. The zero-order valence-corrected chi connectivity index (χ0v) is 12.9. The number of furan rings is 1. The molecule has 0 spiro atoms. The van der Waals surface area contributed by atoms with Crippen molar-refractivity contribution in [2.24, 2.45) is 5.10 Å². The standard InChI is InChI=1S/C17H19N3O2/c1-13-16(10-12-22-13)17(21)19-18-11-4-5-14-6-8-15(9-7-14)20(2)3/h4-12H,1-3H3,(H,19,21)/b5-4+,18-11+. The van der Waals surface area contributed by atoms with Gasteiger partial charge in [-0.1, -0.05) is 18.2 Å². The molecule has 0 aliphatic carbocycles. The minimum Gasteiger partial charge on any atom is -0.469 e. The van der Waals surface area contributed by atoms with Gasteiger partial charge in [0.15, 0.2) is 0 Å². The summed E-state index contributed by atoms with van der Waals surface area (Å²) < 4.78 is 5.07. The van der Waals surface area contributed by atoms with Crippen LogP contribution in [0.5, 0.6) is 0 Å². The molecule has 2 rings (SSSR count). The molecule has 0 fully saturated rings. The SMILES string of the molecule is Cc1occc1C(=O)N/N=C/C=C/c1ccc(N(C)C)cc1. The van der Waals surface area contributed by atoms with E-state index in [2.05, 4.69) is 10.5 Å². The van der Waals surface area contributed by atoms with Gasteiger partial charge in [-0.2, -0.15) is 5.10 Å². The number of carbonyl (C=O) groups excluding carboxylic acids is 1. The minimum atomic E-state index is -0.286. The summed E-state index contributed by atoms with van der Waals surface area (Å²) in [4.78, 5) is 13.8. The van der Waals surface area contributed by atoms with Crippen molar-refractivity contribution in [1.82, 2.24) is 5.43 Å². The summed E-state index contributed by atoms with van der Waals surface area (Å²) in [6.45, 7) is 1.73. The highest BCUT2D eigenvalue weighted by molar-refractivity contribution is 5.95. The number of amides is 1. The van der Waals surface area contributed by atoms with Crippen LogP contribution in [0.15, 0.2) is 52.2 Å². The van der Waals surface area contributed by atoms with Crippen molar-refractivity contribution in [3.63, 3.8) is 0 Å². The number of nitrogens with one attached hydrogen (secondary N) is 1. The Hall–Kier alpha value is -2.82. The fourth-order valence-electron chi connectivity index (χ4n) is 1.86. The highest BCUT2D eigenvalue weighted by Crippen LogP contribution is 2.12. The smallest absolute Gasteiger partial charge is 0.274 e. The van der Waals surface area contributed by atoms with Crippen LogP contribution < -0.4 is 10.3 Å². The molecule has 1 aromatic heterocycles. The van der Waals surface area contributed by atoms with E-state index in [1.54, 1.807) is 19.1 Å². The van der Waals surface area contributed by atoms with Crippen molar-refractivity contribution in [3.05, 3.63) is 59.6 Å². The summed E-state index contributed by atoms with van der Waals surface area (Å²) in [7, 11) is 4.00. The molecule has 1 N–H and O–H groups in total. The van der Waals surface area contributed by atoms with Crippen LogP contribution in [0, 0.1) is 6.92 Å². The number of carbonyl (C=O) groups is 1. The molecule has 1 heterocycles. The van der Waals surface area contributed by atoms with Crippen LogP contribution in [-0.4, -0.2) is 26.2 Å². The molecule has 1 amide bonds. The van der Waals surface area contributed by atoms with Crippen LogP contribution in [0.2, 0.25) is 0 Å². The van der Waals surface area contributed by atoms with E-state index in [1.807, 2.05) is 49.3 Å². The van der Waals surface area contributed by atoms with Crippen molar-refractivity contribution in [3.8, 4) is 0 Å². The van der Waals surface area contributed by atoms with Gasteiger partial charge in [-0.3, -0.25) is 4.79 Å². The maximum absolute atomic E-state index is 11.7. The Morgan fingerprint density at radius 3 is 2.55 bits per heavy atom. The van der Waals surface area contributed by atoms with Crippen molar-refractivity contribution in [2.45, 2.75) is 6.92 Å². The number of hydrogen-bond acceptors (Lipinski definition) is 4. The first-order chi connectivity index (χ1) is 10.6. The highest BCUT2D eigenvalue weighted by Gasteiger charge is 2.09. The fourth-order valence-corrected chi connectivity index (χ4v) is 1.86. The van der Waals surface area contributed by atoms with E-state index < -0.39 is 0 Å². The predicted molar refractivity (Wildman–Crippen MR) is 89.2 cm³/mol. The van der Waals surface area contributed by atoms with Gasteiger partial charge in [-0.15, -0.1) is 0 Å². The second-order valence-electron chi connectivity index (χ2n) is 4.95. The van der Waals surface area contributed by atoms with E-state index in [1.165, 1.54) is 12.5 Å². The van der Waals surface area contributed by atoms with Gasteiger partial charge in [0.25, 0.3) is 5.91 Å². The van der Waals surface area contributed by atoms with E-state index in [9.17, 15) is 4.79 Å². The van der Waals surface area contributed by atoms with Gasteiger partial charge < -0.3 is 9.32 Å². The van der Waals surface area contributed by atoms with Crippen molar-refractivity contribution >= 4 is 23.9 Å². The second kappa shape index (κ2) is 7.26. The van der Waals surface area contributed by atoms with Crippen LogP contribution in [0.4, 0.5) is 5.69 Å².